The highest BCUT2D eigenvalue weighted by atomic mass is 16.5. The van der Waals surface area contributed by atoms with Crippen LogP contribution in [-0.2, 0) is 18.5 Å². The Bertz CT molecular complexity index is 747. The van der Waals surface area contributed by atoms with E-state index in [2.05, 4.69) is 41.4 Å². The third-order valence-corrected chi connectivity index (χ3v) is 3.74. The highest BCUT2D eigenvalue weighted by Crippen LogP contribution is 2.24. The molecule has 0 unspecified atom stereocenters. The summed E-state index contributed by atoms with van der Waals surface area (Å²) in [7, 11) is 1.59. The third-order valence-electron chi connectivity index (χ3n) is 3.74. The minimum atomic E-state index is -0.0757. The first-order chi connectivity index (χ1) is 12.3. The molecule has 0 amide bonds. The second-order valence-electron chi connectivity index (χ2n) is 6.91. The number of phenolic OH excluding ortho intramolecular Hbond substituents is 1. The maximum absolute atomic E-state index is 9.97. The number of guanidine groups is 1. The van der Waals surface area contributed by atoms with Gasteiger partial charge in [-0.25, -0.2) is 9.98 Å². The minimum absolute atomic E-state index is 0.0757. The van der Waals surface area contributed by atoms with E-state index in [1.165, 1.54) is 0 Å². The van der Waals surface area contributed by atoms with Gasteiger partial charge in [0.2, 0.25) is 5.89 Å². The van der Waals surface area contributed by atoms with Gasteiger partial charge in [-0.2, -0.15) is 0 Å². The largest absolute Gasteiger partial charge is 0.508 e. The van der Waals surface area contributed by atoms with Gasteiger partial charge in [-0.05, 0) is 25.1 Å². The average Bonchev–Trinajstić information content (AvgIpc) is 3.08. The predicted molar refractivity (Wildman–Crippen MR) is 102 cm³/mol. The summed E-state index contributed by atoms with van der Waals surface area (Å²) in [6, 6.07) is 5.08. The number of methoxy groups -OCH3 is 1. The van der Waals surface area contributed by atoms with Crippen molar-refractivity contribution in [1.29, 1.82) is 0 Å². The van der Waals surface area contributed by atoms with Gasteiger partial charge >= 0.3 is 0 Å². The lowest BCUT2D eigenvalue weighted by Crippen LogP contribution is -2.36. The Morgan fingerprint density at radius 2 is 2.08 bits per heavy atom. The molecule has 26 heavy (non-hydrogen) atoms. The number of hydrogen-bond donors (Lipinski definition) is 3. The number of hydrogen-bond acceptors (Lipinski definition) is 5. The number of phenols is 1. The van der Waals surface area contributed by atoms with Crippen LogP contribution in [0.1, 0.15) is 44.9 Å². The summed E-state index contributed by atoms with van der Waals surface area (Å²) in [4.78, 5) is 8.80. The molecule has 0 radical (unpaired) electrons. The average molecular weight is 360 g/mol. The van der Waals surface area contributed by atoms with Gasteiger partial charge in [0.05, 0.1) is 26.4 Å². The minimum Gasteiger partial charge on any atom is -0.508 e. The molecule has 142 valence electrons. The quantitative estimate of drug-likeness (QED) is 0.542. The molecule has 1 aromatic carbocycles. The Kier molecular flexibility index (Phi) is 6.49. The lowest BCUT2D eigenvalue weighted by Gasteiger charge is -2.13. The van der Waals surface area contributed by atoms with Crippen molar-refractivity contribution < 1.29 is 14.3 Å². The molecule has 7 heteroatoms. The first kappa shape index (κ1) is 19.6. The molecule has 0 atom stereocenters. The molecular formula is C19H28N4O3. The maximum atomic E-state index is 9.97. The zero-order chi connectivity index (χ0) is 19.2. The number of aliphatic imine (C=N–C) groups is 1. The maximum Gasteiger partial charge on any atom is 0.213 e. The number of rotatable bonds is 6. The molecule has 2 aromatic rings. The molecule has 7 nitrogen and oxygen atoms in total. The summed E-state index contributed by atoms with van der Waals surface area (Å²) >= 11 is 0. The molecule has 0 bridgehead atoms. The van der Waals surface area contributed by atoms with E-state index in [0.717, 1.165) is 12.3 Å². The second kappa shape index (κ2) is 8.60. The van der Waals surface area contributed by atoms with Crippen LogP contribution in [0.4, 0.5) is 0 Å². The molecule has 3 N–H and O–H groups in total. The summed E-state index contributed by atoms with van der Waals surface area (Å²) < 4.78 is 11.0. The summed E-state index contributed by atoms with van der Waals surface area (Å²) in [6.45, 7) is 9.69. The topological polar surface area (TPSA) is 91.9 Å². The molecule has 0 fully saturated rings. The van der Waals surface area contributed by atoms with Crippen LogP contribution >= 0.6 is 0 Å². The summed E-state index contributed by atoms with van der Waals surface area (Å²) in [5, 5.41) is 16.3. The van der Waals surface area contributed by atoms with Gasteiger partial charge in [-0.3, -0.25) is 0 Å². The Labute approximate surface area is 154 Å². The SMILES string of the molecule is CCNC(=NCc1cc(OC)ccc1O)NCc1ncc(C(C)(C)C)o1. The van der Waals surface area contributed by atoms with Gasteiger partial charge in [-0.1, -0.05) is 20.8 Å². The van der Waals surface area contributed by atoms with Crippen LogP contribution in [0.5, 0.6) is 11.5 Å². The van der Waals surface area contributed by atoms with Crippen molar-refractivity contribution in [3.63, 3.8) is 0 Å². The zero-order valence-electron chi connectivity index (χ0n) is 16.1. The Hall–Kier alpha value is -2.70. The van der Waals surface area contributed by atoms with Crippen molar-refractivity contribution in [3.8, 4) is 11.5 Å². The third kappa shape index (κ3) is 5.40. The number of nitrogens with one attached hydrogen (secondary N) is 2. The van der Waals surface area contributed by atoms with Crippen LogP contribution < -0.4 is 15.4 Å². The van der Waals surface area contributed by atoms with Gasteiger partial charge in [0.25, 0.3) is 0 Å². The molecule has 0 spiro atoms. The fourth-order valence-electron chi connectivity index (χ4n) is 2.22. The highest BCUT2D eigenvalue weighted by molar-refractivity contribution is 5.79. The Morgan fingerprint density at radius 3 is 2.69 bits per heavy atom. The van der Waals surface area contributed by atoms with E-state index in [4.69, 9.17) is 9.15 Å². The van der Waals surface area contributed by atoms with Crippen LogP contribution in [0, 0.1) is 0 Å². The van der Waals surface area contributed by atoms with Crippen molar-refractivity contribution in [1.82, 2.24) is 15.6 Å². The molecular weight excluding hydrogens is 332 g/mol. The van der Waals surface area contributed by atoms with Crippen LogP contribution in [0.3, 0.4) is 0 Å². The van der Waals surface area contributed by atoms with E-state index >= 15 is 0 Å². The fraction of sp³-hybridized carbons (Fsp3) is 0.474. The molecule has 1 aromatic heterocycles. The van der Waals surface area contributed by atoms with Crippen molar-refractivity contribution in [3.05, 3.63) is 41.6 Å². The van der Waals surface area contributed by atoms with Gasteiger partial charge < -0.3 is 24.9 Å². The molecule has 2 rings (SSSR count). The van der Waals surface area contributed by atoms with E-state index in [0.29, 0.717) is 36.3 Å². The first-order valence-electron chi connectivity index (χ1n) is 8.66. The Morgan fingerprint density at radius 1 is 1.31 bits per heavy atom. The van der Waals surface area contributed by atoms with Crippen molar-refractivity contribution in [2.24, 2.45) is 4.99 Å². The number of benzene rings is 1. The zero-order valence-corrected chi connectivity index (χ0v) is 16.1. The number of nitrogens with zero attached hydrogens (tertiary/aromatic N) is 2. The second-order valence-corrected chi connectivity index (χ2v) is 6.91. The van der Waals surface area contributed by atoms with Crippen LogP contribution in [0.2, 0.25) is 0 Å². The summed E-state index contributed by atoms with van der Waals surface area (Å²) in [5.41, 5.74) is 0.612. The first-order valence-corrected chi connectivity index (χ1v) is 8.66. The highest BCUT2D eigenvalue weighted by Gasteiger charge is 2.19. The lowest BCUT2D eigenvalue weighted by molar-refractivity contribution is 0.379. The van der Waals surface area contributed by atoms with Gasteiger partial charge in [0.15, 0.2) is 5.96 Å². The monoisotopic (exact) mass is 360 g/mol. The van der Waals surface area contributed by atoms with E-state index in [9.17, 15) is 5.11 Å². The van der Waals surface area contributed by atoms with Gasteiger partial charge in [-0.15, -0.1) is 0 Å². The lowest BCUT2D eigenvalue weighted by atomic mass is 9.94. The van der Waals surface area contributed by atoms with Crippen LogP contribution in [-0.4, -0.2) is 29.7 Å². The molecule has 0 aliphatic rings. The van der Waals surface area contributed by atoms with Crippen molar-refractivity contribution in [2.45, 2.75) is 46.2 Å². The van der Waals surface area contributed by atoms with Crippen molar-refractivity contribution in [2.75, 3.05) is 13.7 Å². The number of aromatic hydroxyl groups is 1. The molecule has 1 heterocycles. The normalized spacial score (nSPS) is 12.1. The smallest absolute Gasteiger partial charge is 0.213 e. The molecule has 0 saturated carbocycles. The van der Waals surface area contributed by atoms with E-state index in [1.807, 2.05) is 6.92 Å². The van der Waals surface area contributed by atoms with Gasteiger partial charge in [0.1, 0.15) is 17.3 Å². The van der Waals surface area contributed by atoms with Crippen LogP contribution in [0.25, 0.3) is 0 Å². The summed E-state index contributed by atoms with van der Waals surface area (Å²) in [6.07, 6.45) is 1.76. The number of ether oxygens (including phenoxy) is 1. The fourth-order valence-corrected chi connectivity index (χ4v) is 2.22. The summed E-state index contributed by atoms with van der Waals surface area (Å²) in [5.74, 6) is 2.93. The predicted octanol–water partition coefficient (Wildman–Crippen LogP) is 2.94. The molecule has 0 saturated heterocycles. The van der Waals surface area contributed by atoms with E-state index in [1.54, 1.807) is 31.5 Å². The van der Waals surface area contributed by atoms with E-state index in [-0.39, 0.29) is 11.2 Å². The van der Waals surface area contributed by atoms with Crippen LogP contribution in [0.15, 0.2) is 33.8 Å². The van der Waals surface area contributed by atoms with Gasteiger partial charge in [0, 0.05) is 17.5 Å². The molecule has 0 aliphatic carbocycles. The standard InChI is InChI=1S/C19H28N4O3/c1-6-20-18(22-10-13-9-14(25-5)7-8-15(13)24)23-12-17-21-11-16(26-17)19(2,3)4/h7-9,11,24H,6,10,12H2,1-5H3,(H2,20,22,23). The Balaban J connectivity index is 2.04. The number of oxazole rings is 1. The van der Waals surface area contributed by atoms with E-state index < -0.39 is 0 Å². The number of aromatic nitrogens is 1. The molecule has 0 aliphatic heterocycles. The van der Waals surface area contributed by atoms with Crippen molar-refractivity contribution >= 4 is 5.96 Å².